The summed E-state index contributed by atoms with van der Waals surface area (Å²) in [5.74, 6) is 0. The molecule has 0 aliphatic rings. The zero-order valence-corrected chi connectivity index (χ0v) is 5.73. The summed E-state index contributed by atoms with van der Waals surface area (Å²) >= 11 is 0. The predicted molar refractivity (Wildman–Crippen MR) is 37.4 cm³/mol. The van der Waals surface area contributed by atoms with Crippen molar-refractivity contribution in [2.75, 3.05) is 0 Å². The number of hydrogen-bond donors (Lipinski definition) is 1. The van der Waals surface area contributed by atoms with E-state index in [0.717, 1.165) is 6.42 Å². The van der Waals surface area contributed by atoms with Crippen molar-refractivity contribution in [3.05, 3.63) is 11.6 Å². The molecule has 0 aliphatic heterocycles. The van der Waals surface area contributed by atoms with Crippen LogP contribution in [0.2, 0.25) is 0 Å². The van der Waals surface area contributed by atoms with Crippen LogP contribution in [-0.4, -0.2) is 5.71 Å². The fourth-order valence-electron chi connectivity index (χ4n) is 0.487. The van der Waals surface area contributed by atoms with Gasteiger partial charge < -0.3 is 5.41 Å². The first kappa shape index (κ1) is 7.90. The summed E-state index contributed by atoms with van der Waals surface area (Å²) in [6, 6.07) is 1.94. The molecule has 0 amide bonds. The fraction of sp³-hybridized carbons (Fsp3) is 0.429. The quantitative estimate of drug-likeness (QED) is 0.441. The van der Waals surface area contributed by atoms with E-state index in [1.54, 1.807) is 13.0 Å². The predicted octanol–water partition coefficient (Wildman–Crippen LogP) is 1.89. The Hall–Kier alpha value is -1.10. The van der Waals surface area contributed by atoms with Gasteiger partial charge in [-0.05, 0) is 13.3 Å². The SMILES string of the molecule is CC/C=C(/C#N)C(C)=N. The molecule has 0 rings (SSSR count). The molecule has 0 saturated heterocycles. The third-order valence-corrected chi connectivity index (χ3v) is 0.933. The van der Waals surface area contributed by atoms with Crippen molar-refractivity contribution in [2.24, 2.45) is 0 Å². The van der Waals surface area contributed by atoms with Crippen molar-refractivity contribution in [3.63, 3.8) is 0 Å². The summed E-state index contributed by atoms with van der Waals surface area (Å²) in [7, 11) is 0. The maximum atomic E-state index is 8.37. The normalized spacial score (nSPS) is 10.6. The van der Waals surface area contributed by atoms with Crippen LogP contribution >= 0.6 is 0 Å². The minimum Gasteiger partial charge on any atom is -0.304 e. The van der Waals surface area contributed by atoms with Crippen LogP contribution in [-0.2, 0) is 0 Å². The highest BCUT2D eigenvalue weighted by Crippen LogP contribution is 1.95. The Morgan fingerprint density at radius 3 is 2.44 bits per heavy atom. The number of nitriles is 1. The molecule has 0 aromatic carbocycles. The first-order valence-electron chi connectivity index (χ1n) is 2.88. The van der Waals surface area contributed by atoms with E-state index in [9.17, 15) is 0 Å². The zero-order valence-electron chi connectivity index (χ0n) is 5.73. The smallest absolute Gasteiger partial charge is 0.101 e. The number of nitrogens with zero attached hydrogens (tertiary/aromatic N) is 1. The summed E-state index contributed by atoms with van der Waals surface area (Å²) in [6.07, 6.45) is 2.57. The average molecular weight is 122 g/mol. The molecular formula is C7H10N2. The highest BCUT2D eigenvalue weighted by atomic mass is 14.4. The van der Waals surface area contributed by atoms with Crippen LogP contribution in [0.15, 0.2) is 11.6 Å². The van der Waals surface area contributed by atoms with Gasteiger partial charge in [0.25, 0.3) is 0 Å². The molecule has 0 fully saturated rings. The van der Waals surface area contributed by atoms with Gasteiger partial charge in [0.2, 0.25) is 0 Å². The van der Waals surface area contributed by atoms with E-state index < -0.39 is 0 Å². The lowest BCUT2D eigenvalue weighted by atomic mass is 10.2. The molecule has 0 heterocycles. The molecule has 0 radical (unpaired) electrons. The zero-order chi connectivity index (χ0) is 7.28. The molecule has 0 aliphatic carbocycles. The van der Waals surface area contributed by atoms with E-state index in [0.29, 0.717) is 11.3 Å². The van der Waals surface area contributed by atoms with Crippen LogP contribution in [0.5, 0.6) is 0 Å². The number of hydrogen-bond acceptors (Lipinski definition) is 2. The Kier molecular flexibility index (Phi) is 3.38. The average Bonchev–Trinajstić information content (AvgIpc) is 1.82. The number of rotatable bonds is 2. The van der Waals surface area contributed by atoms with E-state index in [1.807, 2.05) is 13.0 Å². The first-order valence-corrected chi connectivity index (χ1v) is 2.88. The van der Waals surface area contributed by atoms with Gasteiger partial charge in [-0.2, -0.15) is 5.26 Å². The third-order valence-electron chi connectivity index (χ3n) is 0.933. The van der Waals surface area contributed by atoms with Crippen LogP contribution in [0, 0.1) is 16.7 Å². The Labute approximate surface area is 55.3 Å². The lowest BCUT2D eigenvalue weighted by Gasteiger charge is -1.89. The summed E-state index contributed by atoms with van der Waals surface area (Å²) in [4.78, 5) is 0. The molecule has 0 aromatic heterocycles. The second-order valence-electron chi connectivity index (χ2n) is 1.76. The molecule has 0 saturated carbocycles. The van der Waals surface area contributed by atoms with Crippen LogP contribution < -0.4 is 0 Å². The molecule has 9 heavy (non-hydrogen) atoms. The van der Waals surface area contributed by atoms with Crippen LogP contribution in [0.1, 0.15) is 20.3 Å². The van der Waals surface area contributed by atoms with E-state index in [2.05, 4.69) is 0 Å². The second-order valence-corrected chi connectivity index (χ2v) is 1.76. The van der Waals surface area contributed by atoms with Gasteiger partial charge in [0.15, 0.2) is 0 Å². The molecule has 0 aromatic rings. The van der Waals surface area contributed by atoms with Gasteiger partial charge in [-0.3, -0.25) is 0 Å². The molecule has 48 valence electrons. The van der Waals surface area contributed by atoms with Crippen molar-refractivity contribution >= 4 is 5.71 Å². The van der Waals surface area contributed by atoms with Gasteiger partial charge in [-0.15, -0.1) is 0 Å². The van der Waals surface area contributed by atoms with E-state index in [4.69, 9.17) is 10.7 Å². The molecule has 0 unspecified atom stereocenters. The van der Waals surface area contributed by atoms with E-state index in [-0.39, 0.29) is 0 Å². The summed E-state index contributed by atoms with van der Waals surface area (Å²) in [5, 5.41) is 15.4. The topological polar surface area (TPSA) is 47.6 Å². The highest BCUT2D eigenvalue weighted by Gasteiger charge is 1.93. The Balaban J connectivity index is 4.20. The Bertz CT molecular complexity index is 172. The molecule has 1 N–H and O–H groups in total. The molecular weight excluding hydrogens is 112 g/mol. The van der Waals surface area contributed by atoms with Gasteiger partial charge in [0.05, 0.1) is 5.57 Å². The standard InChI is InChI=1S/C7H10N2/c1-3-4-7(5-8)6(2)9/h4,9H,3H2,1-2H3/b7-4-,9-6?. The van der Waals surface area contributed by atoms with E-state index >= 15 is 0 Å². The largest absolute Gasteiger partial charge is 0.304 e. The summed E-state index contributed by atoms with van der Waals surface area (Å²) in [5.41, 5.74) is 0.830. The maximum Gasteiger partial charge on any atom is 0.101 e. The van der Waals surface area contributed by atoms with Crippen molar-refractivity contribution in [3.8, 4) is 6.07 Å². The van der Waals surface area contributed by atoms with Gasteiger partial charge in [-0.1, -0.05) is 13.0 Å². The van der Waals surface area contributed by atoms with Gasteiger partial charge in [-0.25, -0.2) is 0 Å². The number of nitrogens with one attached hydrogen (secondary N) is 1. The van der Waals surface area contributed by atoms with Crippen LogP contribution in [0.3, 0.4) is 0 Å². The minimum absolute atomic E-state index is 0.347. The van der Waals surface area contributed by atoms with Gasteiger partial charge >= 0.3 is 0 Å². The molecule has 2 heteroatoms. The molecule has 2 nitrogen and oxygen atoms in total. The molecule has 0 atom stereocenters. The Morgan fingerprint density at radius 2 is 2.33 bits per heavy atom. The van der Waals surface area contributed by atoms with Crippen molar-refractivity contribution < 1.29 is 0 Å². The van der Waals surface area contributed by atoms with Crippen molar-refractivity contribution in [1.82, 2.24) is 0 Å². The highest BCUT2D eigenvalue weighted by molar-refractivity contribution is 5.99. The first-order chi connectivity index (χ1) is 4.22. The fourth-order valence-corrected chi connectivity index (χ4v) is 0.487. The van der Waals surface area contributed by atoms with Gasteiger partial charge in [0.1, 0.15) is 6.07 Å². The molecule has 0 spiro atoms. The summed E-state index contributed by atoms with van der Waals surface area (Å²) in [6.45, 7) is 3.56. The van der Waals surface area contributed by atoms with Crippen LogP contribution in [0.4, 0.5) is 0 Å². The number of allylic oxidation sites excluding steroid dienone is 2. The third kappa shape index (κ3) is 2.65. The monoisotopic (exact) mass is 122 g/mol. The van der Waals surface area contributed by atoms with Crippen LogP contribution in [0.25, 0.3) is 0 Å². The maximum absolute atomic E-state index is 8.37. The van der Waals surface area contributed by atoms with Gasteiger partial charge in [0, 0.05) is 5.71 Å². The van der Waals surface area contributed by atoms with E-state index in [1.165, 1.54) is 0 Å². The molecule has 0 bridgehead atoms. The minimum atomic E-state index is 0.347. The second kappa shape index (κ2) is 3.85. The lowest BCUT2D eigenvalue weighted by Crippen LogP contribution is -1.90. The van der Waals surface area contributed by atoms with Crippen molar-refractivity contribution in [2.45, 2.75) is 20.3 Å². The lowest BCUT2D eigenvalue weighted by molar-refractivity contribution is 1.21. The van der Waals surface area contributed by atoms with Crippen molar-refractivity contribution in [1.29, 1.82) is 10.7 Å². The Morgan fingerprint density at radius 1 is 1.78 bits per heavy atom. The summed E-state index contributed by atoms with van der Waals surface area (Å²) < 4.78 is 0.